The summed E-state index contributed by atoms with van der Waals surface area (Å²) in [5.41, 5.74) is -0.696. The lowest BCUT2D eigenvalue weighted by atomic mass is 10.1. The summed E-state index contributed by atoms with van der Waals surface area (Å²) in [6.45, 7) is 7.44. The second-order valence-corrected chi connectivity index (χ2v) is 6.49. The van der Waals surface area contributed by atoms with Crippen LogP contribution in [-0.4, -0.2) is 29.7 Å². The zero-order chi connectivity index (χ0) is 15.7. The largest absolute Gasteiger partial charge is 0.419 e. The summed E-state index contributed by atoms with van der Waals surface area (Å²) in [6.07, 6.45) is -1.16. The number of aromatic nitrogens is 1. The Morgan fingerprint density at radius 1 is 1.33 bits per heavy atom. The monoisotopic (exact) mass is 301 g/mol. The maximum atomic E-state index is 13.1. The zero-order valence-electron chi connectivity index (χ0n) is 12.7. The Morgan fingerprint density at radius 3 is 2.67 bits per heavy atom. The van der Waals surface area contributed by atoms with Crippen LogP contribution >= 0.6 is 0 Å². The molecular formula is C15H22F3N3. The molecule has 0 spiro atoms. The Bertz CT molecular complexity index is 480. The van der Waals surface area contributed by atoms with Gasteiger partial charge in [-0.2, -0.15) is 13.2 Å². The Labute approximate surface area is 123 Å². The average molecular weight is 301 g/mol. The number of hydrogen-bond acceptors (Lipinski definition) is 3. The maximum absolute atomic E-state index is 13.1. The van der Waals surface area contributed by atoms with Crippen molar-refractivity contribution in [3.05, 3.63) is 23.9 Å². The van der Waals surface area contributed by atoms with Gasteiger partial charge in [-0.25, -0.2) is 4.98 Å². The molecule has 0 aromatic carbocycles. The van der Waals surface area contributed by atoms with Crippen molar-refractivity contribution in [1.82, 2.24) is 10.3 Å². The van der Waals surface area contributed by atoms with Crippen LogP contribution in [0.3, 0.4) is 0 Å². The molecule has 118 valence electrons. The van der Waals surface area contributed by atoms with E-state index in [0.29, 0.717) is 13.1 Å². The molecule has 2 rings (SSSR count). The van der Waals surface area contributed by atoms with E-state index in [4.69, 9.17) is 0 Å². The average Bonchev–Trinajstić information content (AvgIpc) is 2.82. The van der Waals surface area contributed by atoms with Crippen LogP contribution in [0.15, 0.2) is 18.3 Å². The second-order valence-electron chi connectivity index (χ2n) is 6.49. The van der Waals surface area contributed by atoms with Gasteiger partial charge >= 0.3 is 6.18 Å². The van der Waals surface area contributed by atoms with Gasteiger partial charge < -0.3 is 10.2 Å². The van der Waals surface area contributed by atoms with Crippen LogP contribution in [0.25, 0.3) is 0 Å². The van der Waals surface area contributed by atoms with Crippen LogP contribution in [0, 0.1) is 0 Å². The number of anilines is 1. The van der Waals surface area contributed by atoms with Gasteiger partial charge in [-0.15, -0.1) is 0 Å². The first kappa shape index (κ1) is 16.1. The second kappa shape index (κ2) is 5.83. The predicted octanol–water partition coefficient (Wildman–Crippen LogP) is 3.46. The first-order chi connectivity index (χ1) is 9.68. The molecule has 0 bridgehead atoms. The van der Waals surface area contributed by atoms with E-state index < -0.39 is 11.7 Å². The van der Waals surface area contributed by atoms with Gasteiger partial charge in [0.05, 0.1) is 5.56 Å². The summed E-state index contributed by atoms with van der Waals surface area (Å²) in [6, 6.07) is 2.50. The highest BCUT2D eigenvalue weighted by Gasteiger charge is 2.38. The third-order valence-corrected chi connectivity index (χ3v) is 3.61. The molecule has 0 aliphatic carbocycles. The normalized spacial score (nSPS) is 20.1. The SMILES string of the molecule is CC(C)(C)NCC1CCCN1c1ncccc1C(F)(F)F. The molecule has 0 radical (unpaired) electrons. The smallest absolute Gasteiger partial charge is 0.352 e. The number of halogens is 3. The quantitative estimate of drug-likeness (QED) is 0.927. The zero-order valence-corrected chi connectivity index (χ0v) is 12.7. The highest BCUT2D eigenvalue weighted by Crippen LogP contribution is 2.37. The molecule has 0 saturated carbocycles. The van der Waals surface area contributed by atoms with Crippen molar-refractivity contribution >= 4 is 5.82 Å². The topological polar surface area (TPSA) is 28.2 Å². The van der Waals surface area contributed by atoms with Crippen molar-refractivity contribution in [2.45, 2.75) is 51.4 Å². The fraction of sp³-hybridized carbons (Fsp3) is 0.667. The van der Waals surface area contributed by atoms with Crippen molar-refractivity contribution in [2.24, 2.45) is 0 Å². The number of nitrogens with zero attached hydrogens (tertiary/aromatic N) is 2. The minimum atomic E-state index is -4.37. The summed E-state index contributed by atoms with van der Waals surface area (Å²) < 4.78 is 39.4. The minimum Gasteiger partial charge on any atom is -0.352 e. The molecule has 1 N–H and O–H groups in total. The molecule has 1 saturated heterocycles. The molecule has 1 fully saturated rings. The van der Waals surface area contributed by atoms with E-state index in [0.717, 1.165) is 18.9 Å². The molecule has 1 unspecified atom stereocenters. The van der Waals surface area contributed by atoms with Crippen molar-refractivity contribution in [3.63, 3.8) is 0 Å². The van der Waals surface area contributed by atoms with Crippen molar-refractivity contribution in [1.29, 1.82) is 0 Å². The molecule has 0 amide bonds. The van der Waals surface area contributed by atoms with Crippen LogP contribution in [0.1, 0.15) is 39.2 Å². The van der Waals surface area contributed by atoms with Gasteiger partial charge in [0.25, 0.3) is 0 Å². The maximum Gasteiger partial charge on any atom is 0.419 e. The van der Waals surface area contributed by atoms with Gasteiger partial charge in [-0.3, -0.25) is 0 Å². The van der Waals surface area contributed by atoms with E-state index in [9.17, 15) is 13.2 Å². The molecule has 3 nitrogen and oxygen atoms in total. The molecule has 1 aliphatic rings. The lowest BCUT2D eigenvalue weighted by Crippen LogP contribution is -2.45. The lowest BCUT2D eigenvalue weighted by molar-refractivity contribution is -0.137. The van der Waals surface area contributed by atoms with Gasteiger partial charge in [-0.05, 0) is 45.7 Å². The van der Waals surface area contributed by atoms with Gasteiger partial charge in [0, 0.05) is 30.9 Å². The summed E-state index contributed by atoms with van der Waals surface area (Å²) in [5.74, 6) is 0.0585. The molecule has 1 aromatic heterocycles. The van der Waals surface area contributed by atoms with E-state index in [-0.39, 0.29) is 17.4 Å². The molecule has 21 heavy (non-hydrogen) atoms. The summed E-state index contributed by atoms with van der Waals surface area (Å²) >= 11 is 0. The standard InChI is InChI=1S/C15H22F3N3/c1-14(2,3)20-10-11-6-5-9-21(11)13-12(15(16,17)18)7-4-8-19-13/h4,7-8,11,20H,5-6,9-10H2,1-3H3. The van der Waals surface area contributed by atoms with Gasteiger partial charge in [-0.1, -0.05) is 0 Å². The number of alkyl halides is 3. The third kappa shape index (κ3) is 4.09. The molecule has 1 atom stereocenters. The van der Waals surface area contributed by atoms with Gasteiger partial charge in [0.1, 0.15) is 5.82 Å². The van der Waals surface area contributed by atoms with Crippen LogP contribution in [0.4, 0.5) is 19.0 Å². The van der Waals surface area contributed by atoms with Crippen LogP contribution < -0.4 is 10.2 Å². The Kier molecular flexibility index (Phi) is 4.46. The fourth-order valence-corrected chi connectivity index (χ4v) is 2.60. The summed E-state index contributed by atoms with van der Waals surface area (Å²) in [4.78, 5) is 5.79. The lowest BCUT2D eigenvalue weighted by Gasteiger charge is -2.31. The first-order valence-electron chi connectivity index (χ1n) is 7.22. The van der Waals surface area contributed by atoms with Crippen molar-refractivity contribution in [2.75, 3.05) is 18.0 Å². The Morgan fingerprint density at radius 2 is 2.05 bits per heavy atom. The number of rotatable bonds is 3. The first-order valence-corrected chi connectivity index (χ1v) is 7.22. The predicted molar refractivity (Wildman–Crippen MR) is 77.4 cm³/mol. The summed E-state index contributed by atoms with van der Waals surface area (Å²) in [7, 11) is 0. The number of nitrogens with one attached hydrogen (secondary N) is 1. The molecule has 2 heterocycles. The van der Waals surface area contributed by atoms with Crippen LogP contribution in [-0.2, 0) is 6.18 Å². The highest BCUT2D eigenvalue weighted by atomic mass is 19.4. The number of pyridine rings is 1. The van der Waals surface area contributed by atoms with Crippen molar-refractivity contribution in [3.8, 4) is 0 Å². The molecular weight excluding hydrogens is 279 g/mol. The van der Waals surface area contributed by atoms with E-state index in [1.165, 1.54) is 12.3 Å². The summed E-state index contributed by atoms with van der Waals surface area (Å²) in [5, 5.41) is 3.37. The fourth-order valence-electron chi connectivity index (χ4n) is 2.60. The third-order valence-electron chi connectivity index (χ3n) is 3.61. The van der Waals surface area contributed by atoms with Gasteiger partial charge in [0.15, 0.2) is 0 Å². The Hall–Kier alpha value is -1.30. The van der Waals surface area contributed by atoms with Gasteiger partial charge in [0.2, 0.25) is 0 Å². The minimum absolute atomic E-state index is 0.0504. The van der Waals surface area contributed by atoms with E-state index in [1.807, 2.05) is 20.8 Å². The van der Waals surface area contributed by atoms with E-state index in [2.05, 4.69) is 10.3 Å². The van der Waals surface area contributed by atoms with E-state index >= 15 is 0 Å². The van der Waals surface area contributed by atoms with Crippen LogP contribution in [0.2, 0.25) is 0 Å². The molecule has 6 heteroatoms. The molecule has 1 aliphatic heterocycles. The van der Waals surface area contributed by atoms with Crippen molar-refractivity contribution < 1.29 is 13.2 Å². The Balaban J connectivity index is 2.21. The highest BCUT2D eigenvalue weighted by molar-refractivity contribution is 5.50. The molecule has 1 aromatic rings. The van der Waals surface area contributed by atoms with Crippen LogP contribution in [0.5, 0.6) is 0 Å². The number of hydrogen-bond donors (Lipinski definition) is 1. The van der Waals surface area contributed by atoms with E-state index in [1.54, 1.807) is 4.90 Å².